The number of pyridine rings is 1. The van der Waals surface area contributed by atoms with Gasteiger partial charge in [-0.3, -0.25) is 4.79 Å². The summed E-state index contributed by atoms with van der Waals surface area (Å²) in [5, 5.41) is 12.1. The van der Waals surface area contributed by atoms with E-state index in [2.05, 4.69) is 10.3 Å². The van der Waals surface area contributed by atoms with Crippen molar-refractivity contribution in [1.29, 1.82) is 5.26 Å². The van der Waals surface area contributed by atoms with Crippen LogP contribution >= 0.6 is 0 Å². The molecule has 2 unspecified atom stereocenters. The number of nitrogens with one attached hydrogen (secondary N) is 1. The minimum Gasteiger partial charge on any atom is -0.372 e. The standard InChI is InChI=1S/C16H20N4O2/c1-11-4-5-15(18-7-11)19-8-14(6-17)16(21)20-9-12(2)22-13(3)10-20/h4-5,7-8,12-13H,9-10H2,1-3H3,(H,18,19)/b14-8-. The number of anilines is 1. The summed E-state index contributed by atoms with van der Waals surface area (Å²) in [4.78, 5) is 18.2. The van der Waals surface area contributed by atoms with Crippen LogP contribution in [0, 0.1) is 18.3 Å². The van der Waals surface area contributed by atoms with Gasteiger partial charge in [0.2, 0.25) is 0 Å². The number of aromatic nitrogens is 1. The van der Waals surface area contributed by atoms with Gasteiger partial charge in [-0.1, -0.05) is 6.07 Å². The molecule has 0 aromatic carbocycles. The molecule has 6 nitrogen and oxygen atoms in total. The molecule has 1 amide bonds. The van der Waals surface area contributed by atoms with Gasteiger partial charge in [0.1, 0.15) is 17.5 Å². The SMILES string of the molecule is Cc1ccc(N/C=C(/C#N)C(=O)N2CC(C)OC(C)C2)nc1. The molecule has 0 bridgehead atoms. The Labute approximate surface area is 130 Å². The van der Waals surface area contributed by atoms with Gasteiger partial charge in [0.25, 0.3) is 5.91 Å². The summed E-state index contributed by atoms with van der Waals surface area (Å²) in [6.45, 7) is 6.76. The Morgan fingerprint density at radius 3 is 2.68 bits per heavy atom. The summed E-state index contributed by atoms with van der Waals surface area (Å²) >= 11 is 0. The maximum atomic E-state index is 12.4. The second-order valence-corrected chi connectivity index (χ2v) is 5.50. The molecule has 1 aromatic rings. The normalized spacial score (nSPS) is 22.1. The van der Waals surface area contributed by atoms with E-state index in [0.29, 0.717) is 18.9 Å². The second kappa shape index (κ2) is 7.05. The molecule has 116 valence electrons. The highest BCUT2D eigenvalue weighted by molar-refractivity contribution is 5.97. The molecule has 0 saturated carbocycles. The minimum atomic E-state index is -0.288. The number of carbonyl (C=O) groups is 1. The summed E-state index contributed by atoms with van der Waals surface area (Å²) in [6, 6.07) is 5.65. The van der Waals surface area contributed by atoms with E-state index in [9.17, 15) is 10.1 Å². The van der Waals surface area contributed by atoms with Crippen LogP contribution in [0.3, 0.4) is 0 Å². The summed E-state index contributed by atoms with van der Waals surface area (Å²) < 4.78 is 5.60. The molecule has 1 N–H and O–H groups in total. The number of morpholine rings is 1. The number of amides is 1. The van der Waals surface area contributed by atoms with Crippen molar-refractivity contribution in [2.24, 2.45) is 0 Å². The highest BCUT2D eigenvalue weighted by Crippen LogP contribution is 2.14. The lowest BCUT2D eigenvalue weighted by atomic mass is 10.2. The van der Waals surface area contributed by atoms with Gasteiger partial charge in [-0.25, -0.2) is 4.98 Å². The van der Waals surface area contributed by atoms with Gasteiger partial charge in [-0.2, -0.15) is 5.26 Å². The van der Waals surface area contributed by atoms with Crippen LogP contribution in [0.1, 0.15) is 19.4 Å². The summed E-state index contributed by atoms with van der Waals surface area (Å²) in [7, 11) is 0. The van der Waals surface area contributed by atoms with E-state index in [1.807, 2.05) is 32.9 Å². The topological polar surface area (TPSA) is 78.2 Å². The molecule has 2 rings (SSSR count). The van der Waals surface area contributed by atoms with Gasteiger partial charge in [0, 0.05) is 25.5 Å². The number of nitrogens with zero attached hydrogens (tertiary/aromatic N) is 3. The fraction of sp³-hybridized carbons (Fsp3) is 0.438. The van der Waals surface area contributed by atoms with Crippen molar-refractivity contribution >= 4 is 11.7 Å². The van der Waals surface area contributed by atoms with Crippen molar-refractivity contribution in [1.82, 2.24) is 9.88 Å². The molecule has 1 aromatic heterocycles. The number of carbonyl (C=O) groups excluding carboxylic acids is 1. The Hall–Kier alpha value is -2.39. The maximum absolute atomic E-state index is 12.4. The molecule has 0 spiro atoms. The fourth-order valence-electron chi connectivity index (χ4n) is 2.36. The monoisotopic (exact) mass is 300 g/mol. The average molecular weight is 300 g/mol. The molecule has 2 atom stereocenters. The fourth-order valence-corrected chi connectivity index (χ4v) is 2.36. The van der Waals surface area contributed by atoms with Crippen molar-refractivity contribution in [2.75, 3.05) is 18.4 Å². The van der Waals surface area contributed by atoms with Crippen molar-refractivity contribution in [3.63, 3.8) is 0 Å². The van der Waals surface area contributed by atoms with Gasteiger partial charge in [0.05, 0.1) is 12.2 Å². The number of rotatable bonds is 3. The first-order valence-corrected chi connectivity index (χ1v) is 7.23. The summed E-state index contributed by atoms with van der Waals surface area (Å²) in [6.07, 6.45) is 3.07. The van der Waals surface area contributed by atoms with Gasteiger partial charge in [0.15, 0.2) is 0 Å². The van der Waals surface area contributed by atoms with Crippen LogP contribution in [0.25, 0.3) is 0 Å². The van der Waals surface area contributed by atoms with Gasteiger partial charge in [-0.05, 0) is 32.4 Å². The Morgan fingerprint density at radius 2 is 2.14 bits per heavy atom. The van der Waals surface area contributed by atoms with Gasteiger partial charge in [-0.15, -0.1) is 0 Å². The van der Waals surface area contributed by atoms with Crippen LogP contribution in [0.4, 0.5) is 5.82 Å². The lowest BCUT2D eigenvalue weighted by Gasteiger charge is -2.35. The quantitative estimate of drug-likeness (QED) is 0.681. The zero-order valence-electron chi connectivity index (χ0n) is 13.0. The molecule has 6 heteroatoms. The van der Waals surface area contributed by atoms with Crippen LogP contribution < -0.4 is 5.32 Å². The van der Waals surface area contributed by atoms with E-state index >= 15 is 0 Å². The molecular formula is C16H20N4O2. The molecule has 0 aliphatic carbocycles. The highest BCUT2D eigenvalue weighted by Gasteiger charge is 2.27. The summed E-state index contributed by atoms with van der Waals surface area (Å²) in [5.74, 6) is 0.305. The van der Waals surface area contributed by atoms with E-state index in [1.54, 1.807) is 17.2 Å². The zero-order chi connectivity index (χ0) is 16.1. The summed E-state index contributed by atoms with van der Waals surface area (Å²) in [5.41, 5.74) is 1.10. The molecule has 0 radical (unpaired) electrons. The Kier molecular flexibility index (Phi) is 5.12. The molecule has 2 heterocycles. The number of aryl methyl sites for hydroxylation is 1. The van der Waals surface area contributed by atoms with Crippen LogP contribution in [0.5, 0.6) is 0 Å². The van der Waals surface area contributed by atoms with Crippen molar-refractivity contribution < 1.29 is 9.53 Å². The minimum absolute atomic E-state index is 0.0284. The first kappa shape index (κ1) is 16.0. The van der Waals surface area contributed by atoms with Crippen LogP contribution in [0.15, 0.2) is 30.1 Å². The third-order valence-electron chi connectivity index (χ3n) is 3.33. The predicted molar refractivity (Wildman–Crippen MR) is 82.9 cm³/mol. The van der Waals surface area contributed by atoms with E-state index in [-0.39, 0.29) is 23.7 Å². The van der Waals surface area contributed by atoms with E-state index < -0.39 is 0 Å². The zero-order valence-corrected chi connectivity index (χ0v) is 13.0. The van der Waals surface area contributed by atoms with Crippen molar-refractivity contribution in [3.05, 3.63) is 35.7 Å². The van der Waals surface area contributed by atoms with E-state index in [0.717, 1.165) is 5.56 Å². The maximum Gasteiger partial charge on any atom is 0.266 e. The van der Waals surface area contributed by atoms with E-state index in [4.69, 9.17) is 4.74 Å². The molecule has 1 aliphatic heterocycles. The van der Waals surface area contributed by atoms with Crippen LogP contribution in [0.2, 0.25) is 0 Å². The van der Waals surface area contributed by atoms with Gasteiger partial charge < -0.3 is 15.0 Å². The van der Waals surface area contributed by atoms with Crippen LogP contribution in [-0.4, -0.2) is 41.1 Å². The third kappa shape index (κ3) is 4.06. The lowest BCUT2D eigenvalue weighted by Crippen LogP contribution is -2.48. The average Bonchev–Trinajstić information content (AvgIpc) is 2.48. The van der Waals surface area contributed by atoms with Crippen LogP contribution in [-0.2, 0) is 9.53 Å². The number of nitriles is 1. The highest BCUT2D eigenvalue weighted by atomic mass is 16.5. The Morgan fingerprint density at radius 1 is 1.45 bits per heavy atom. The third-order valence-corrected chi connectivity index (χ3v) is 3.33. The molecule has 22 heavy (non-hydrogen) atoms. The first-order chi connectivity index (χ1) is 10.5. The van der Waals surface area contributed by atoms with E-state index in [1.165, 1.54) is 6.20 Å². The smallest absolute Gasteiger partial charge is 0.266 e. The molecule has 1 fully saturated rings. The number of hydrogen-bond donors (Lipinski definition) is 1. The lowest BCUT2D eigenvalue weighted by molar-refractivity contribution is -0.138. The Balaban J connectivity index is 2.06. The molecule has 1 aliphatic rings. The van der Waals surface area contributed by atoms with Crippen molar-refractivity contribution in [3.8, 4) is 6.07 Å². The number of ether oxygens (including phenoxy) is 1. The second-order valence-electron chi connectivity index (χ2n) is 5.50. The Bertz CT molecular complexity index is 594. The van der Waals surface area contributed by atoms with Gasteiger partial charge >= 0.3 is 0 Å². The first-order valence-electron chi connectivity index (χ1n) is 7.23. The predicted octanol–water partition coefficient (Wildman–Crippen LogP) is 1.85. The van der Waals surface area contributed by atoms with Crippen molar-refractivity contribution in [2.45, 2.75) is 33.0 Å². The number of hydrogen-bond acceptors (Lipinski definition) is 5. The largest absolute Gasteiger partial charge is 0.372 e. The molecular weight excluding hydrogens is 280 g/mol. The molecule has 1 saturated heterocycles.